The predicted octanol–water partition coefficient (Wildman–Crippen LogP) is 4.45. The van der Waals surface area contributed by atoms with Gasteiger partial charge in [0.2, 0.25) is 5.43 Å². The Labute approximate surface area is 164 Å². The van der Waals surface area contributed by atoms with Gasteiger partial charge in [0.1, 0.15) is 5.75 Å². The lowest BCUT2D eigenvalue weighted by molar-refractivity contribution is 0.0981. The van der Waals surface area contributed by atoms with Crippen molar-refractivity contribution < 1.29 is 14.3 Å². The van der Waals surface area contributed by atoms with Crippen molar-refractivity contribution in [1.29, 1.82) is 0 Å². The minimum absolute atomic E-state index is 0.0443. The summed E-state index contributed by atoms with van der Waals surface area (Å²) in [6.07, 6.45) is 3.01. The molecule has 3 aromatic rings. The number of hydrogen-bond acceptors (Lipinski definition) is 4. The number of rotatable bonds is 8. The number of aryl methyl sites for hydroxylation is 2. The Balaban J connectivity index is 1.85. The average molecular weight is 379 g/mol. The van der Waals surface area contributed by atoms with Gasteiger partial charge in [-0.1, -0.05) is 30.3 Å². The van der Waals surface area contributed by atoms with E-state index in [1.165, 1.54) is 19.8 Å². The van der Waals surface area contributed by atoms with Crippen LogP contribution >= 0.6 is 0 Å². The molecule has 0 aliphatic carbocycles. The van der Waals surface area contributed by atoms with Crippen LogP contribution in [0.4, 0.5) is 0 Å². The fraction of sp³-hybridized carbons (Fsp3) is 0.304. The zero-order valence-corrected chi connectivity index (χ0v) is 16.5. The first kappa shape index (κ1) is 19.7. The minimum Gasteiger partial charge on any atom is -0.495 e. The van der Waals surface area contributed by atoms with Crippen LogP contribution in [0.3, 0.4) is 0 Å². The monoisotopic (exact) mass is 379 g/mol. The van der Waals surface area contributed by atoms with E-state index in [9.17, 15) is 9.59 Å². The third kappa shape index (κ3) is 3.93. The average Bonchev–Trinajstić information content (AvgIpc) is 2.71. The van der Waals surface area contributed by atoms with Crippen molar-refractivity contribution >= 4 is 16.7 Å². The van der Waals surface area contributed by atoms with Gasteiger partial charge < -0.3 is 14.5 Å². The van der Waals surface area contributed by atoms with Crippen LogP contribution in [0.15, 0.2) is 47.3 Å². The number of ketones is 1. The zero-order chi connectivity index (χ0) is 20.1. The third-order valence-corrected chi connectivity index (χ3v) is 4.94. The Morgan fingerprint density at radius 2 is 1.75 bits per heavy atom. The Kier molecular flexibility index (Phi) is 6.14. The predicted molar refractivity (Wildman–Crippen MR) is 111 cm³/mol. The smallest absolute Gasteiger partial charge is 0.232 e. The maximum atomic E-state index is 12.9. The maximum Gasteiger partial charge on any atom is 0.232 e. The van der Waals surface area contributed by atoms with Gasteiger partial charge in [-0.25, -0.2) is 0 Å². The molecule has 0 bridgehead atoms. The number of pyridine rings is 1. The van der Waals surface area contributed by atoms with Crippen LogP contribution in [0.5, 0.6) is 11.5 Å². The van der Waals surface area contributed by atoms with Crippen LogP contribution in [-0.2, 0) is 6.42 Å². The highest BCUT2D eigenvalue weighted by molar-refractivity contribution is 6.08. The van der Waals surface area contributed by atoms with Gasteiger partial charge in [0, 0.05) is 12.0 Å². The Hall–Kier alpha value is -3.08. The molecule has 0 spiro atoms. The molecule has 0 saturated carbocycles. The number of benzene rings is 2. The summed E-state index contributed by atoms with van der Waals surface area (Å²) in [5, 5.41) is 0.329. The zero-order valence-electron chi connectivity index (χ0n) is 16.5. The van der Waals surface area contributed by atoms with Crippen LogP contribution in [-0.4, -0.2) is 25.0 Å². The molecule has 1 heterocycles. The number of methoxy groups -OCH3 is 2. The topological polar surface area (TPSA) is 68.4 Å². The van der Waals surface area contributed by atoms with Crippen LogP contribution < -0.4 is 14.9 Å². The van der Waals surface area contributed by atoms with E-state index in [1.54, 1.807) is 19.1 Å². The van der Waals surface area contributed by atoms with Crippen molar-refractivity contribution in [1.82, 2.24) is 4.98 Å². The first-order chi connectivity index (χ1) is 13.6. The van der Waals surface area contributed by atoms with Gasteiger partial charge in [-0.2, -0.15) is 0 Å². The van der Waals surface area contributed by atoms with E-state index in [1.807, 2.05) is 18.2 Å². The molecule has 0 fully saturated rings. The number of aromatic nitrogens is 1. The molecule has 5 nitrogen and oxygen atoms in total. The summed E-state index contributed by atoms with van der Waals surface area (Å²) in [4.78, 5) is 29.0. The highest BCUT2D eigenvalue weighted by Crippen LogP contribution is 2.28. The third-order valence-electron chi connectivity index (χ3n) is 4.94. The molecular formula is C23H25NO4. The standard InChI is InChI=1S/C23H25NO4/c1-15-23(28-3)22(26)20-17(13-14-19(27-2)21(20)24-15)18(25)12-8-7-11-16-9-5-4-6-10-16/h4-6,9-10,13-14H,7-8,11-12H2,1-3H3,(H,24,26). The molecule has 2 aromatic carbocycles. The van der Waals surface area contributed by atoms with Crippen molar-refractivity contribution in [3.63, 3.8) is 0 Å². The Morgan fingerprint density at radius 3 is 2.43 bits per heavy atom. The van der Waals surface area contributed by atoms with Crippen molar-refractivity contribution in [3.05, 3.63) is 69.5 Å². The Morgan fingerprint density at radius 1 is 1.00 bits per heavy atom. The van der Waals surface area contributed by atoms with Gasteiger partial charge in [0.05, 0.1) is 30.8 Å². The van der Waals surface area contributed by atoms with E-state index in [-0.39, 0.29) is 17.0 Å². The van der Waals surface area contributed by atoms with Crippen molar-refractivity contribution in [2.24, 2.45) is 0 Å². The lowest BCUT2D eigenvalue weighted by Gasteiger charge is -2.13. The van der Waals surface area contributed by atoms with Gasteiger partial charge >= 0.3 is 0 Å². The summed E-state index contributed by atoms with van der Waals surface area (Å²) in [5.41, 5.74) is 2.52. The fourth-order valence-electron chi connectivity index (χ4n) is 3.51. The number of carbonyl (C=O) groups is 1. The lowest BCUT2D eigenvalue weighted by atomic mass is 9.98. The van der Waals surface area contributed by atoms with Crippen molar-refractivity contribution in [2.45, 2.75) is 32.6 Å². The molecule has 146 valence electrons. The van der Waals surface area contributed by atoms with Gasteiger partial charge in [0.25, 0.3) is 0 Å². The highest BCUT2D eigenvalue weighted by atomic mass is 16.5. The number of hydrogen-bond donors (Lipinski definition) is 1. The van der Waals surface area contributed by atoms with Gasteiger partial charge in [-0.3, -0.25) is 9.59 Å². The molecule has 0 radical (unpaired) electrons. The number of ether oxygens (including phenoxy) is 2. The molecule has 0 aliphatic rings. The van der Waals surface area contributed by atoms with Gasteiger partial charge in [0.15, 0.2) is 11.5 Å². The summed E-state index contributed by atoms with van der Waals surface area (Å²) in [6, 6.07) is 13.6. The number of fused-ring (bicyclic) bond motifs is 1. The highest BCUT2D eigenvalue weighted by Gasteiger charge is 2.19. The quantitative estimate of drug-likeness (QED) is 0.464. The van der Waals surface area contributed by atoms with Crippen LogP contribution in [0.25, 0.3) is 10.9 Å². The Bertz CT molecular complexity index is 1040. The molecule has 5 heteroatoms. The number of carbonyl (C=O) groups excluding carboxylic acids is 1. The molecule has 1 N–H and O–H groups in total. The minimum atomic E-state index is -0.291. The molecule has 0 amide bonds. The van der Waals surface area contributed by atoms with Crippen molar-refractivity contribution in [2.75, 3.05) is 14.2 Å². The number of unbranched alkanes of at least 4 members (excludes halogenated alkanes) is 1. The normalized spacial score (nSPS) is 10.8. The van der Waals surface area contributed by atoms with E-state index < -0.39 is 0 Å². The first-order valence-electron chi connectivity index (χ1n) is 9.41. The van der Waals surface area contributed by atoms with Crippen LogP contribution in [0, 0.1) is 6.92 Å². The number of Topliss-reactive ketones (excluding diaryl/α,β-unsaturated/α-hetero) is 1. The maximum absolute atomic E-state index is 12.9. The van der Waals surface area contributed by atoms with Gasteiger partial charge in [-0.05, 0) is 43.9 Å². The molecule has 0 saturated heterocycles. The van der Waals surface area contributed by atoms with E-state index >= 15 is 0 Å². The summed E-state index contributed by atoms with van der Waals surface area (Å²) >= 11 is 0. The molecule has 0 atom stereocenters. The van der Waals surface area contributed by atoms with Gasteiger partial charge in [-0.15, -0.1) is 0 Å². The second-order valence-electron chi connectivity index (χ2n) is 6.79. The van der Waals surface area contributed by atoms with Crippen LogP contribution in [0.1, 0.15) is 40.9 Å². The van der Waals surface area contributed by atoms with E-state index in [4.69, 9.17) is 9.47 Å². The van der Waals surface area contributed by atoms with Crippen LogP contribution in [0.2, 0.25) is 0 Å². The first-order valence-corrected chi connectivity index (χ1v) is 9.41. The second-order valence-corrected chi connectivity index (χ2v) is 6.79. The van der Waals surface area contributed by atoms with E-state index in [2.05, 4.69) is 17.1 Å². The number of H-pyrrole nitrogens is 1. The van der Waals surface area contributed by atoms with E-state index in [0.717, 1.165) is 19.3 Å². The number of aromatic amines is 1. The largest absolute Gasteiger partial charge is 0.495 e. The lowest BCUT2D eigenvalue weighted by Crippen LogP contribution is -2.14. The molecule has 28 heavy (non-hydrogen) atoms. The second kappa shape index (κ2) is 8.74. The molecular weight excluding hydrogens is 354 g/mol. The molecule has 1 aromatic heterocycles. The number of nitrogens with one attached hydrogen (secondary N) is 1. The summed E-state index contributed by atoms with van der Waals surface area (Å²) < 4.78 is 10.6. The fourth-order valence-corrected chi connectivity index (χ4v) is 3.51. The summed E-state index contributed by atoms with van der Waals surface area (Å²) in [6.45, 7) is 1.76. The molecule has 3 rings (SSSR count). The summed E-state index contributed by atoms with van der Waals surface area (Å²) in [7, 11) is 2.99. The van der Waals surface area contributed by atoms with Crippen molar-refractivity contribution in [3.8, 4) is 11.5 Å². The van der Waals surface area contributed by atoms with E-state index in [0.29, 0.717) is 34.3 Å². The SMILES string of the molecule is COc1c(C)[nH]c2c(OC)ccc(C(=O)CCCCc3ccccc3)c2c1=O. The summed E-state index contributed by atoms with van der Waals surface area (Å²) in [5.74, 6) is 0.703. The molecule has 0 aliphatic heterocycles. The molecule has 0 unspecified atom stereocenters.